The molecule has 0 saturated heterocycles. The number of aromatic nitrogens is 2. The summed E-state index contributed by atoms with van der Waals surface area (Å²) in [6.45, 7) is 2.83. The van der Waals surface area contributed by atoms with Gasteiger partial charge >= 0.3 is 0 Å². The van der Waals surface area contributed by atoms with Crippen LogP contribution in [0.1, 0.15) is 21.6 Å². The van der Waals surface area contributed by atoms with Crippen LogP contribution in [-0.2, 0) is 6.42 Å². The van der Waals surface area contributed by atoms with Crippen molar-refractivity contribution in [1.29, 1.82) is 0 Å². The number of fused-ring (bicyclic) bond motifs is 1. The smallest absolute Gasteiger partial charge is 0.276 e. The molecule has 1 aromatic heterocycles. The average Bonchev–Trinajstić information content (AvgIpc) is 3.08. The number of nitrogens with one attached hydrogen (secondary N) is 1. The maximum atomic E-state index is 12.4. The molecule has 0 unspecified atom stereocenters. The highest BCUT2D eigenvalue weighted by Gasteiger charge is 2.21. The molecule has 5 nitrogen and oxygen atoms in total. The number of nitrogens with zero attached hydrogens (tertiary/aromatic N) is 3. The number of anilines is 3. The van der Waals surface area contributed by atoms with Gasteiger partial charge in [-0.1, -0.05) is 36.4 Å². The molecule has 5 heteroatoms. The summed E-state index contributed by atoms with van der Waals surface area (Å²) < 4.78 is 0. The van der Waals surface area contributed by atoms with E-state index in [1.54, 1.807) is 6.07 Å². The molecule has 0 atom stereocenters. The van der Waals surface area contributed by atoms with Crippen LogP contribution < -0.4 is 10.2 Å². The molecular formula is C20H18N4O. The second-order valence-electron chi connectivity index (χ2n) is 6.08. The van der Waals surface area contributed by atoms with E-state index in [9.17, 15) is 4.79 Å². The molecule has 1 N–H and O–H groups in total. The largest absolute Gasteiger partial charge is 0.324 e. The van der Waals surface area contributed by atoms with Crippen molar-refractivity contribution in [1.82, 2.24) is 10.2 Å². The summed E-state index contributed by atoms with van der Waals surface area (Å²) >= 11 is 0. The Hall–Kier alpha value is -3.21. The van der Waals surface area contributed by atoms with Crippen molar-refractivity contribution in [3.05, 3.63) is 77.5 Å². The van der Waals surface area contributed by atoms with Gasteiger partial charge < -0.3 is 10.2 Å². The third-order valence-corrected chi connectivity index (χ3v) is 4.44. The van der Waals surface area contributed by atoms with Crippen LogP contribution >= 0.6 is 0 Å². The number of hydrogen-bond donors (Lipinski definition) is 1. The van der Waals surface area contributed by atoms with Crippen LogP contribution in [0.2, 0.25) is 0 Å². The zero-order valence-corrected chi connectivity index (χ0v) is 13.9. The van der Waals surface area contributed by atoms with Gasteiger partial charge in [0.05, 0.1) is 0 Å². The Labute approximate surface area is 146 Å². The van der Waals surface area contributed by atoms with Crippen molar-refractivity contribution in [3.63, 3.8) is 0 Å². The molecular weight excluding hydrogens is 312 g/mol. The Morgan fingerprint density at radius 1 is 1.00 bits per heavy atom. The fraction of sp³-hybridized carbons (Fsp3) is 0.150. The Balaban J connectivity index is 1.53. The molecule has 4 rings (SSSR count). The molecule has 3 aromatic rings. The first-order chi connectivity index (χ1) is 12.2. The summed E-state index contributed by atoms with van der Waals surface area (Å²) in [4.78, 5) is 14.5. The predicted octanol–water partition coefficient (Wildman–Crippen LogP) is 3.73. The first-order valence-electron chi connectivity index (χ1n) is 8.28. The van der Waals surface area contributed by atoms with E-state index >= 15 is 0 Å². The minimum atomic E-state index is -0.254. The number of benzene rings is 2. The van der Waals surface area contributed by atoms with E-state index in [0.29, 0.717) is 5.69 Å². The van der Waals surface area contributed by atoms with E-state index < -0.39 is 0 Å². The van der Waals surface area contributed by atoms with E-state index in [1.807, 2.05) is 49.4 Å². The van der Waals surface area contributed by atoms with Gasteiger partial charge in [0, 0.05) is 17.9 Å². The van der Waals surface area contributed by atoms with Crippen molar-refractivity contribution < 1.29 is 4.79 Å². The van der Waals surface area contributed by atoms with Crippen molar-refractivity contribution >= 4 is 23.1 Å². The number of hydrogen-bond acceptors (Lipinski definition) is 4. The van der Waals surface area contributed by atoms with Gasteiger partial charge in [0.2, 0.25) is 0 Å². The number of rotatable bonds is 3. The number of carbonyl (C=O) groups is 1. The zero-order chi connectivity index (χ0) is 17.2. The van der Waals surface area contributed by atoms with Crippen LogP contribution in [0, 0.1) is 6.92 Å². The standard InChI is InChI=1S/C20H18N4O/c1-14-6-2-4-8-16(14)21-20(25)17-10-11-19(23-22-17)24-13-12-15-7-3-5-9-18(15)24/h2-11H,12-13H2,1H3,(H,21,25). The molecule has 25 heavy (non-hydrogen) atoms. The summed E-state index contributed by atoms with van der Waals surface area (Å²) in [7, 11) is 0. The molecule has 2 aromatic carbocycles. The van der Waals surface area contributed by atoms with Crippen LogP contribution in [0.3, 0.4) is 0 Å². The topological polar surface area (TPSA) is 58.1 Å². The second kappa shape index (κ2) is 6.36. The van der Waals surface area contributed by atoms with Gasteiger partial charge in [0.15, 0.2) is 11.5 Å². The summed E-state index contributed by atoms with van der Waals surface area (Å²) in [6.07, 6.45) is 0.993. The maximum Gasteiger partial charge on any atom is 0.276 e. The lowest BCUT2D eigenvalue weighted by Crippen LogP contribution is -2.18. The average molecular weight is 330 g/mol. The van der Waals surface area contributed by atoms with Crippen LogP contribution in [0.5, 0.6) is 0 Å². The van der Waals surface area contributed by atoms with E-state index in [1.165, 1.54) is 5.56 Å². The molecule has 124 valence electrons. The molecule has 0 radical (unpaired) electrons. The van der Waals surface area contributed by atoms with Crippen LogP contribution in [0.15, 0.2) is 60.7 Å². The molecule has 1 aliphatic heterocycles. The molecule has 0 aliphatic carbocycles. The molecule has 0 saturated carbocycles. The number of aryl methyl sites for hydroxylation is 1. The van der Waals surface area contributed by atoms with Gasteiger partial charge in [-0.25, -0.2) is 0 Å². The zero-order valence-electron chi connectivity index (χ0n) is 13.9. The van der Waals surface area contributed by atoms with E-state index in [-0.39, 0.29) is 5.91 Å². The van der Waals surface area contributed by atoms with Crippen molar-refractivity contribution in [2.75, 3.05) is 16.8 Å². The minimum Gasteiger partial charge on any atom is -0.324 e. The van der Waals surface area contributed by atoms with Crippen LogP contribution in [-0.4, -0.2) is 22.6 Å². The molecule has 2 heterocycles. The van der Waals surface area contributed by atoms with Crippen molar-refractivity contribution in [2.45, 2.75) is 13.3 Å². The van der Waals surface area contributed by atoms with Gasteiger partial charge in [-0.3, -0.25) is 4.79 Å². The van der Waals surface area contributed by atoms with Crippen LogP contribution in [0.25, 0.3) is 0 Å². The summed E-state index contributed by atoms with van der Waals surface area (Å²) in [5.41, 5.74) is 4.57. The van der Waals surface area contributed by atoms with Gasteiger partial charge in [0.1, 0.15) is 0 Å². The molecule has 0 fully saturated rings. The highest BCUT2D eigenvalue weighted by molar-refractivity contribution is 6.03. The number of amides is 1. The second-order valence-corrected chi connectivity index (χ2v) is 6.08. The Bertz CT molecular complexity index is 921. The van der Waals surface area contributed by atoms with Crippen molar-refractivity contribution in [2.24, 2.45) is 0 Å². The SMILES string of the molecule is Cc1ccccc1NC(=O)c1ccc(N2CCc3ccccc32)nn1. The monoisotopic (exact) mass is 330 g/mol. The third-order valence-electron chi connectivity index (χ3n) is 4.44. The highest BCUT2D eigenvalue weighted by Crippen LogP contribution is 2.32. The van der Waals surface area contributed by atoms with Gasteiger partial charge in [-0.2, -0.15) is 0 Å². The molecule has 0 bridgehead atoms. The Morgan fingerprint density at radius 2 is 1.80 bits per heavy atom. The molecule has 0 spiro atoms. The fourth-order valence-electron chi connectivity index (χ4n) is 3.07. The molecule has 1 amide bonds. The Morgan fingerprint density at radius 3 is 2.60 bits per heavy atom. The van der Waals surface area contributed by atoms with E-state index in [4.69, 9.17) is 0 Å². The first kappa shape index (κ1) is 15.3. The van der Waals surface area contributed by atoms with Gasteiger partial charge in [-0.15, -0.1) is 10.2 Å². The lowest BCUT2D eigenvalue weighted by atomic mass is 10.2. The number of para-hydroxylation sites is 2. The Kier molecular flexibility index (Phi) is 3.90. The molecule has 1 aliphatic rings. The number of carbonyl (C=O) groups excluding carboxylic acids is 1. The highest BCUT2D eigenvalue weighted by atomic mass is 16.1. The first-order valence-corrected chi connectivity index (χ1v) is 8.28. The minimum absolute atomic E-state index is 0.254. The fourth-order valence-corrected chi connectivity index (χ4v) is 3.07. The summed E-state index contributed by atoms with van der Waals surface area (Å²) in [5.74, 6) is 0.507. The van der Waals surface area contributed by atoms with Crippen molar-refractivity contribution in [3.8, 4) is 0 Å². The normalized spacial score (nSPS) is 12.8. The lowest BCUT2D eigenvalue weighted by molar-refractivity contribution is 0.102. The van der Waals surface area contributed by atoms with E-state index in [0.717, 1.165) is 35.7 Å². The third kappa shape index (κ3) is 2.96. The quantitative estimate of drug-likeness (QED) is 0.795. The summed E-state index contributed by atoms with van der Waals surface area (Å²) in [5, 5.41) is 11.3. The van der Waals surface area contributed by atoms with E-state index in [2.05, 4.69) is 32.5 Å². The van der Waals surface area contributed by atoms with Gasteiger partial charge in [-0.05, 0) is 48.7 Å². The predicted molar refractivity (Wildman–Crippen MR) is 98.3 cm³/mol. The summed E-state index contributed by atoms with van der Waals surface area (Å²) in [6, 6.07) is 19.5. The maximum absolute atomic E-state index is 12.4. The van der Waals surface area contributed by atoms with Crippen LogP contribution in [0.4, 0.5) is 17.2 Å². The lowest BCUT2D eigenvalue weighted by Gasteiger charge is -2.17. The van der Waals surface area contributed by atoms with Gasteiger partial charge in [0.25, 0.3) is 5.91 Å².